The summed E-state index contributed by atoms with van der Waals surface area (Å²) in [6.07, 6.45) is 2.91. The Labute approximate surface area is 172 Å². The van der Waals surface area contributed by atoms with Gasteiger partial charge >= 0.3 is 14.5 Å². The quantitative estimate of drug-likeness (QED) is 0.443. The molecule has 1 saturated heterocycles. The summed E-state index contributed by atoms with van der Waals surface area (Å²) in [7, 11) is -2.65. The summed E-state index contributed by atoms with van der Waals surface area (Å²) in [4.78, 5) is 12.2. The van der Waals surface area contributed by atoms with Gasteiger partial charge in [0, 0.05) is 10.1 Å². The molecule has 0 aliphatic carbocycles. The molecule has 0 amide bonds. The zero-order valence-electron chi connectivity index (χ0n) is 18.7. The number of hydrogen-bond donors (Lipinski definition) is 0. The van der Waals surface area contributed by atoms with E-state index in [-0.39, 0.29) is 28.3 Å². The summed E-state index contributed by atoms with van der Waals surface area (Å²) in [5.74, 6) is -0.179. The van der Waals surface area contributed by atoms with Crippen molar-refractivity contribution in [1.82, 2.24) is 0 Å². The number of benzene rings is 1. The van der Waals surface area contributed by atoms with Crippen molar-refractivity contribution >= 4 is 14.5 Å². The molecular weight excluding hydrogens is 368 g/mol. The van der Waals surface area contributed by atoms with E-state index in [9.17, 15) is 4.79 Å². The lowest BCUT2D eigenvalue weighted by atomic mass is 10.0. The van der Waals surface area contributed by atoms with Crippen LogP contribution in [0.25, 0.3) is 0 Å². The fourth-order valence-corrected chi connectivity index (χ4v) is 9.45. The molecule has 0 saturated carbocycles. The molecule has 2 rings (SSSR count). The lowest BCUT2D eigenvalue weighted by molar-refractivity contribution is -0.147. The Hall–Kier alpha value is -1.17. The van der Waals surface area contributed by atoms with Crippen LogP contribution in [0.2, 0.25) is 10.1 Å². The summed E-state index contributed by atoms with van der Waals surface area (Å²) in [5.41, 5.74) is 1.32. The van der Waals surface area contributed by atoms with E-state index in [1.165, 1.54) is 5.56 Å². The van der Waals surface area contributed by atoms with Crippen molar-refractivity contribution in [3.05, 3.63) is 35.9 Å². The maximum atomic E-state index is 12.2. The zero-order valence-corrected chi connectivity index (χ0v) is 19.7. The predicted octanol–water partition coefficient (Wildman–Crippen LogP) is 5.79. The topological polar surface area (TPSA) is 44.8 Å². The maximum Gasteiger partial charge on any atom is 0.349 e. The third-order valence-corrected chi connectivity index (χ3v) is 10.7. The number of rotatable bonds is 6. The third-order valence-electron chi connectivity index (χ3n) is 5.46. The monoisotopic (exact) mass is 406 g/mol. The largest absolute Gasteiger partial charge is 0.466 e. The Balaban J connectivity index is 2.25. The third kappa shape index (κ3) is 5.46. The van der Waals surface area contributed by atoms with Crippen molar-refractivity contribution in [1.29, 1.82) is 0 Å². The zero-order chi connectivity index (χ0) is 21.0. The second-order valence-electron chi connectivity index (χ2n) is 9.87. The van der Waals surface area contributed by atoms with Crippen molar-refractivity contribution in [3.8, 4) is 0 Å². The molecule has 2 atom stereocenters. The van der Waals surface area contributed by atoms with Gasteiger partial charge < -0.3 is 13.6 Å². The van der Waals surface area contributed by atoms with Crippen LogP contribution in [0.5, 0.6) is 0 Å². The molecule has 0 unspecified atom stereocenters. The second kappa shape index (κ2) is 9.10. The van der Waals surface area contributed by atoms with Gasteiger partial charge in [0.1, 0.15) is 0 Å². The van der Waals surface area contributed by atoms with Gasteiger partial charge in [-0.05, 0) is 31.7 Å². The minimum atomic E-state index is -2.65. The van der Waals surface area contributed by atoms with Crippen LogP contribution >= 0.6 is 0 Å². The van der Waals surface area contributed by atoms with Crippen LogP contribution in [0.4, 0.5) is 0 Å². The molecule has 0 spiro atoms. The number of aryl methyl sites for hydroxylation is 1. The van der Waals surface area contributed by atoms with E-state index in [1.807, 2.05) is 13.0 Å². The van der Waals surface area contributed by atoms with Gasteiger partial charge in [0.25, 0.3) is 0 Å². The first-order valence-electron chi connectivity index (χ1n) is 10.5. The van der Waals surface area contributed by atoms with E-state index in [1.54, 1.807) is 0 Å². The van der Waals surface area contributed by atoms with Gasteiger partial charge in [0.2, 0.25) is 0 Å². The number of carbonyl (C=O) groups excluding carboxylic acids is 1. The van der Waals surface area contributed by atoms with Crippen LogP contribution in [0, 0.1) is 0 Å². The van der Waals surface area contributed by atoms with Crippen LogP contribution in [-0.2, 0) is 24.8 Å². The molecular formula is C23H38O4Si. The van der Waals surface area contributed by atoms with Gasteiger partial charge in [-0.3, -0.25) is 4.79 Å². The number of carbonyl (C=O) groups is 1. The summed E-state index contributed by atoms with van der Waals surface area (Å²) in [5, 5.41) is -0.215. The van der Waals surface area contributed by atoms with Gasteiger partial charge in [-0.2, -0.15) is 0 Å². The number of hydrogen-bond acceptors (Lipinski definition) is 4. The molecule has 1 aliphatic heterocycles. The molecule has 4 nitrogen and oxygen atoms in total. The first-order valence-corrected chi connectivity index (χ1v) is 12.4. The molecule has 1 fully saturated rings. The van der Waals surface area contributed by atoms with Crippen LogP contribution in [0.3, 0.4) is 0 Å². The highest BCUT2D eigenvalue weighted by Crippen LogP contribution is 2.55. The van der Waals surface area contributed by atoms with Gasteiger partial charge in [-0.1, -0.05) is 71.9 Å². The van der Waals surface area contributed by atoms with Gasteiger partial charge in [-0.25, -0.2) is 0 Å². The minimum absolute atomic E-state index is 0.0958. The summed E-state index contributed by atoms with van der Waals surface area (Å²) < 4.78 is 18.8. The van der Waals surface area contributed by atoms with Crippen molar-refractivity contribution in [3.63, 3.8) is 0 Å². The van der Waals surface area contributed by atoms with Crippen LogP contribution in [0.1, 0.15) is 73.3 Å². The molecule has 1 aromatic carbocycles. The standard InChI is InChI=1S/C23H38O4Si/c1-8-25-21(24)17-20-16-19(15-14-18-12-10-9-11-13-18)26-28(27-20,22(2,3)4)23(5,6)7/h9-13,19-20H,8,14-17H2,1-7H3/t19-,20+/m0/s1. The molecule has 1 aliphatic rings. The number of ether oxygens (including phenoxy) is 1. The van der Waals surface area contributed by atoms with Crippen molar-refractivity contribution in [2.45, 2.75) is 96.4 Å². The van der Waals surface area contributed by atoms with Gasteiger partial charge in [-0.15, -0.1) is 0 Å². The Morgan fingerprint density at radius 1 is 1.04 bits per heavy atom. The minimum Gasteiger partial charge on any atom is -0.466 e. The lowest BCUT2D eigenvalue weighted by Crippen LogP contribution is -2.63. The van der Waals surface area contributed by atoms with E-state index in [0.29, 0.717) is 13.0 Å². The molecule has 0 N–H and O–H groups in total. The van der Waals surface area contributed by atoms with Gasteiger partial charge in [0.05, 0.1) is 25.2 Å². The molecule has 0 bridgehead atoms. The van der Waals surface area contributed by atoms with Crippen LogP contribution < -0.4 is 0 Å². The molecule has 5 heteroatoms. The average molecular weight is 407 g/mol. The summed E-state index contributed by atoms with van der Waals surface area (Å²) in [6.45, 7) is 15.5. The van der Waals surface area contributed by atoms with E-state index < -0.39 is 8.56 Å². The van der Waals surface area contributed by atoms with E-state index >= 15 is 0 Å². The number of esters is 1. The maximum absolute atomic E-state index is 12.2. The Kier molecular flexibility index (Phi) is 7.51. The molecule has 1 aromatic rings. The Morgan fingerprint density at radius 2 is 1.61 bits per heavy atom. The average Bonchev–Trinajstić information content (AvgIpc) is 2.59. The summed E-state index contributed by atoms with van der Waals surface area (Å²) in [6, 6.07) is 10.5. The molecule has 0 aromatic heterocycles. The fraction of sp³-hybridized carbons (Fsp3) is 0.696. The molecule has 28 heavy (non-hydrogen) atoms. The van der Waals surface area contributed by atoms with Crippen LogP contribution in [0.15, 0.2) is 30.3 Å². The normalized spacial score (nSPS) is 22.7. The second-order valence-corrected chi connectivity index (χ2v) is 14.6. The highest BCUT2D eigenvalue weighted by Gasteiger charge is 2.62. The fourth-order valence-electron chi connectivity index (χ4n) is 4.40. The van der Waals surface area contributed by atoms with Crippen molar-refractivity contribution in [2.24, 2.45) is 0 Å². The molecule has 158 valence electrons. The molecule has 0 radical (unpaired) electrons. The van der Waals surface area contributed by atoms with Crippen LogP contribution in [-0.4, -0.2) is 33.3 Å². The smallest absolute Gasteiger partial charge is 0.349 e. The first-order chi connectivity index (χ1) is 13.0. The lowest BCUT2D eigenvalue weighted by Gasteiger charge is -2.55. The van der Waals surface area contributed by atoms with Gasteiger partial charge in [0.15, 0.2) is 0 Å². The van der Waals surface area contributed by atoms with Crippen molar-refractivity contribution < 1.29 is 18.4 Å². The summed E-state index contributed by atoms with van der Waals surface area (Å²) >= 11 is 0. The molecule has 1 heterocycles. The first kappa shape index (κ1) is 23.1. The highest BCUT2D eigenvalue weighted by atomic mass is 28.4. The Morgan fingerprint density at radius 3 is 2.14 bits per heavy atom. The van der Waals surface area contributed by atoms with E-state index in [4.69, 9.17) is 13.6 Å². The Bertz CT molecular complexity index is 616. The van der Waals surface area contributed by atoms with E-state index in [0.717, 1.165) is 19.3 Å². The van der Waals surface area contributed by atoms with Crippen molar-refractivity contribution in [2.75, 3.05) is 6.61 Å². The van der Waals surface area contributed by atoms with E-state index in [2.05, 4.69) is 65.8 Å². The highest BCUT2D eigenvalue weighted by molar-refractivity contribution is 6.73. The predicted molar refractivity (Wildman–Crippen MR) is 116 cm³/mol. The SMILES string of the molecule is CCOC(=O)C[C@H]1C[C@H](CCc2ccccc2)O[Si](C(C)(C)C)(C(C)(C)C)O1.